The molecular formula is C17H18Cl2O5S. The maximum Gasteiger partial charge on any atom is 0.264 e. The third-order valence-corrected chi connectivity index (χ3v) is 4.67. The van der Waals surface area contributed by atoms with Gasteiger partial charge in [-0.3, -0.25) is 4.18 Å². The van der Waals surface area contributed by atoms with Gasteiger partial charge >= 0.3 is 0 Å². The van der Waals surface area contributed by atoms with E-state index in [-0.39, 0.29) is 6.61 Å². The summed E-state index contributed by atoms with van der Waals surface area (Å²) < 4.78 is 38.5. The Morgan fingerprint density at radius 1 is 1.04 bits per heavy atom. The zero-order chi connectivity index (χ0) is 18.7. The lowest BCUT2D eigenvalue weighted by atomic mass is 9.96. The lowest BCUT2D eigenvalue weighted by molar-refractivity contribution is -0.0325. The fourth-order valence-corrected chi connectivity index (χ4v) is 3.03. The Labute approximate surface area is 157 Å². The Hall–Kier alpha value is -1.31. The van der Waals surface area contributed by atoms with Crippen molar-refractivity contribution in [1.82, 2.24) is 0 Å². The molecule has 0 aromatic heterocycles. The Balaban J connectivity index is 2.23. The fourth-order valence-electron chi connectivity index (χ4n) is 2.09. The zero-order valence-electron chi connectivity index (χ0n) is 14.0. The largest absolute Gasteiger partial charge is 0.457 e. The van der Waals surface area contributed by atoms with Crippen molar-refractivity contribution in [2.75, 3.05) is 20.0 Å². The topological polar surface area (TPSA) is 61.8 Å². The van der Waals surface area contributed by atoms with Crippen molar-refractivity contribution in [2.45, 2.75) is 12.5 Å². The minimum absolute atomic E-state index is 0.195. The van der Waals surface area contributed by atoms with E-state index in [1.807, 2.05) is 0 Å². The minimum Gasteiger partial charge on any atom is -0.457 e. The maximum atomic E-state index is 11.3. The summed E-state index contributed by atoms with van der Waals surface area (Å²) in [7, 11) is -2.14. The molecule has 0 fully saturated rings. The first-order valence-electron chi connectivity index (χ1n) is 7.26. The number of hydrogen-bond acceptors (Lipinski definition) is 5. The van der Waals surface area contributed by atoms with E-state index in [0.717, 1.165) is 6.26 Å². The molecule has 25 heavy (non-hydrogen) atoms. The first-order valence-corrected chi connectivity index (χ1v) is 9.83. The van der Waals surface area contributed by atoms with Gasteiger partial charge in [0.15, 0.2) is 0 Å². The van der Waals surface area contributed by atoms with E-state index in [0.29, 0.717) is 27.1 Å². The number of methoxy groups -OCH3 is 1. The SMILES string of the molecule is COC(C)(COS(C)(=O)=O)c1ccc(Oc2ccc(Cl)cc2)cc1Cl. The molecule has 0 saturated heterocycles. The molecule has 0 heterocycles. The highest BCUT2D eigenvalue weighted by molar-refractivity contribution is 7.85. The number of halogens is 2. The highest BCUT2D eigenvalue weighted by atomic mass is 35.5. The summed E-state index contributed by atoms with van der Waals surface area (Å²) in [5.74, 6) is 1.14. The average Bonchev–Trinajstić information content (AvgIpc) is 2.54. The van der Waals surface area contributed by atoms with Gasteiger partial charge in [0.2, 0.25) is 0 Å². The van der Waals surface area contributed by atoms with Gasteiger partial charge in [-0.2, -0.15) is 8.42 Å². The summed E-state index contributed by atoms with van der Waals surface area (Å²) in [5, 5.41) is 0.982. The second kappa shape index (κ2) is 7.93. The van der Waals surface area contributed by atoms with Gasteiger partial charge in [-0.1, -0.05) is 29.3 Å². The van der Waals surface area contributed by atoms with Gasteiger partial charge in [-0.05, 0) is 43.3 Å². The Morgan fingerprint density at radius 2 is 1.64 bits per heavy atom. The molecule has 0 spiro atoms. The normalized spacial score (nSPS) is 14.1. The van der Waals surface area contributed by atoms with Crippen molar-refractivity contribution >= 4 is 33.3 Å². The van der Waals surface area contributed by atoms with E-state index >= 15 is 0 Å². The van der Waals surface area contributed by atoms with Crippen molar-refractivity contribution in [1.29, 1.82) is 0 Å². The standard InChI is InChI=1S/C17H18Cl2O5S/c1-17(22-2,11-23-25(3,20)21)15-9-8-14(10-16(15)19)24-13-6-4-12(18)5-7-13/h4-10H,11H2,1-3H3. The van der Waals surface area contributed by atoms with Crippen LogP contribution in [0.2, 0.25) is 10.0 Å². The third-order valence-electron chi connectivity index (χ3n) is 3.56. The average molecular weight is 405 g/mol. The molecule has 0 bridgehead atoms. The van der Waals surface area contributed by atoms with Crippen LogP contribution in [0.3, 0.4) is 0 Å². The fraction of sp³-hybridized carbons (Fsp3) is 0.294. The van der Waals surface area contributed by atoms with Crippen LogP contribution in [0.15, 0.2) is 42.5 Å². The smallest absolute Gasteiger partial charge is 0.264 e. The number of benzene rings is 2. The van der Waals surface area contributed by atoms with Crippen molar-refractivity contribution in [3.8, 4) is 11.5 Å². The molecule has 2 aromatic rings. The van der Waals surface area contributed by atoms with Gasteiger partial charge in [0.1, 0.15) is 17.1 Å². The lowest BCUT2D eigenvalue weighted by Gasteiger charge is -2.29. The molecule has 2 aromatic carbocycles. The van der Waals surface area contributed by atoms with E-state index in [4.69, 9.17) is 36.9 Å². The van der Waals surface area contributed by atoms with Crippen LogP contribution >= 0.6 is 23.2 Å². The van der Waals surface area contributed by atoms with Crippen molar-refractivity contribution in [3.05, 3.63) is 58.1 Å². The molecule has 0 aliphatic rings. The van der Waals surface area contributed by atoms with Gasteiger partial charge < -0.3 is 9.47 Å². The van der Waals surface area contributed by atoms with Gasteiger partial charge in [-0.15, -0.1) is 0 Å². The van der Waals surface area contributed by atoms with Gasteiger partial charge in [-0.25, -0.2) is 0 Å². The van der Waals surface area contributed by atoms with Crippen LogP contribution in [0.1, 0.15) is 12.5 Å². The summed E-state index contributed by atoms with van der Waals surface area (Å²) in [5.41, 5.74) is -0.442. The Kier molecular flexibility index (Phi) is 6.35. The molecule has 136 valence electrons. The summed E-state index contributed by atoms with van der Waals surface area (Å²) in [6.45, 7) is 1.50. The van der Waals surface area contributed by atoms with Gasteiger partial charge in [0.05, 0.1) is 17.9 Å². The molecule has 5 nitrogen and oxygen atoms in total. The zero-order valence-corrected chi connectivity index (χ0v) is 16.3. The van der Waals surface area contributed by atoms with Gasteiger partial charge in [0.25, 0.3) is 10.1 Å². The van der Waals surface area contributed by atoms with Crippen LogP contribution < -0.4 is 4.74 Å². The highest BCUT2D eigenvalue weighted by Crippen LogP contribution is 2.35. The minimum atomic E-state index is -3.60. The van der Waals surface area contributed by atoms with Crippen molar-refractivity contribution in [2.24, 2.45) is 0 Å². The van der Waals surface area contributed by atoms with Gasteiger partial charge in [0, 0.05) is 17.7 Å². The first kappa shape index (κ1) is 20.0. The summed E-state index contributed by atoms with van der Waals surface area (Å²) >= 11 is 12.2. The molecule has 0 N–H and O–H groups in total. The van der Waals surface area contributed by atoms with Crippen LogP contribution in [-0.4, -0.2) is 28.4 Å². The maximum absolute atomic E-state index is 11.3. The predicted molar refractivity (Wildman–Crippen MR) is 98.1 cm³/mol. The molecule has 1 unspecified atom stereocenters. The van der Waals surface area contributed by atoms with Crippen molar-refractivity contribution < 1.29 is 22.1 Å². The van der Waals surface area contributed by atoms with Crippen LogP contribution in [0, 0.1) is 0 Å². The summed E-state index contributed by atoms with van der Waals surface area (Å²) in [6, 6.07) is 12.0. The van der Waals surface area contributed by atoms with E-state index in [1.54, 1.807) is 49.4 Å². The predicted octanol–water partition coefficient (Wildman–Crippen LogP) is 4.62. The molecule has 0 aliphatic heterocycles. The summed E-state index contributed by atoms with van der Waals surface area (Å²) in [4.78, 5) is 0. The lowest BCUT2D eigenvalue weighted by Crippen LogP contribution is -2.32. The molecule has 0 radical (unpaired) electrons. The quantitative estimate of drug-likeness (QED) is 0.629. The number of ether oxygens (including phenoxy) is 2. The molecule has 1 atom stereocenters. The molecule has 0 aliphatic carbocycles. The third kappa shape index (κ3) is 5.59. The van der Waals surface area contributed by atoms with Crippen LogP contribution in [0.4, 0.5) is 0 Å². The molecule has 2 rings (SSSR count). The van der Waals surface area contributed by atoms with Crippen molar-refractivity contribution in [3.63, 3.8) is 0 Å². The second-order valence-corrected chi connectivity index (χ2v) is 8.09. The number of hydrogen-bond donors (Lipinski definition) is 0. The van der Waals surface area contributed by atoms with E-state index < -0.39 is 15.7 Å². The Bertz CT molecular complexity index is 837. The van der Waals surface area contributed by atoms with E-state index in [1.165, 1.54) is 7.11 Å². The molecule has 0 amide bonds. The molecule has 0 saturated carbocycles. The number of rotatable bonds is 7. The Morgan fingerprint density at radius 3 is 2.16 bits per heavy atom. The molecule has 8 heteroatoms. The first-order chi connectivity index (χ1) is 11.6. The van der Waals surface area contributed by atoms with E-state index in [9.17, 15) is 8.42 Å². The van der Waals surface area contributed by atoms with Crippen LogP contribution in [0.5, 0.6) is 11.5 Å². The highest BCUT2D eigenvalue weighted by Gasteiger charge is 2.31. The molecular weight excluding hydrogens is 387 g/mol. The van der Waals surface area contributed by atoms with Crippen LogP contribution in [-0.2, 0) is 24.6 Å². The second-order valence-electron chi connectivity index (χ2n) is 5.60. The van der Waals surface area contributed by atoms with E-state index in [2.05, 4.69) is 0 Å². The van der Waals surface area contributed by atoms with Crippen LogP contribution in [0.25, 0.3) is 0 Å². The monoisotopic (exact) mass is 404 g/mol. The summed E-state index contributed by atoms with van der Waals surface area (Å²) in [6.07, 6.45) is 0.980.